The van der Waals surface area contributed by atoms with Crippen LogP contribution in [0.15, 0.2) is 12.1 Å². The number of hydrogen-bond acceptors (Lipinski definition) is 5. The van der Waals surface area contributed by atoms with E-state index in [9.17, 15) is 13.2 Å². The van der Waals surface area contributed by atoms with Crippen LogP contribution in [0.4, 0.5) is 5.82 Å². The van der Waals surface area contributed by atoms with Crippen molar-refractivity contribution in [1.82, 2.24) is 14.6 Å². The standard InChI is InChI=1S/C11H17ClN4O3S/c1-13-10-7-8(6-9(12)15-10)11(17)14-4-5-20(18,19)16(2)3/h6-7H,4-5H2,1-3H3,(H,13,15)(H,14,17). The number of carbonyl (C=O) groups excluding carboxylic acids is 1. The molecule has 20 heavy (non-hydrogen) atoms. The van der Waals surface area contributed by atoms with E-state index in [4.69, 9.17) is 11.6 Å². The molecule has 9 heteroatoms. The summed E-state index contributed by atoms with van der Waals surface area (Å²) < 4.78 is 24.2. The topological polar surface area (TPSA) is 91.4 Å². The van der Waals surface area contributed by atoms with Gasteiger partial charge in [0.15, 0.2) is 0 Å². The molecule has 0 unspecified atom stereocenters. The van der Waals surface area contributed by atoms with Crippen molar-refractivity contribution in [3.63, 3.8) is 0 Å². The molecule has 0 bridgehead atoms. The zero-order valence-corrected chi connectivity index (χ0v) is 13.0. The Labute approximate surface area is 123 Å². The first-order valence-corrected chi connectivity index (χ1v) is 7.78. The second kappa shape index (κ2) is 6.87. The van der Waals surface area contributed by atoms with Crippen molar-refractivity contribution in [2.24, 2.45) is 0 Å². The van der Waals surface area contributed by atoms with Gasteiger partial charge in [-0.3, -0.25) is 4.79 Å². The Kier molecular flexibility index (Phi) is 5.73. The van der Waals surface area contributed by atoms with E-state index in [1.54, 1.807) is 7.05 Å². The second-order valence-electron chi connectivity index (χ2n) is 4.17. The number of anilines is 1. The summed E-state index contributed by atoms with van der Waals surface area (Å²) in [5, 5.41) is 5.49. The summed E-state index contributed by atoms with van der Waals surface area (Å²) in [6.45, 7) is 0.0220. The Bertz CT molecular complexity index is 589. The minimum Gasteiger partial charge on any atom is -0.373 e. The van der Waals surface area contributed by atoms with Crippen molar-refractivity contribution in [3.8, 4) is 0 Å². The number of nitrogens with zero attached hydrogens (tertiary/aromatic N) is 2. The van der Waals surface area contributed by atoms with Crippen LogP contribution >= 0.6 is 11.6 Å². The molecule has 7 nitrogen and oxygen atoms in total. The maximum absolute atomic E-state index is 11.9. The molecule has 0 aliphatic rings. The molecule has 2 N–H and O–H groups in total. The van der Waals surface area contributed by atoms with Crippen LogP contribution in [0.5, 0.6) is 0 Å². The van der Waals surface area contributed by atoms with Crippen molar-refractivity contribution >= 4 is 33.3 Å². The lowest BCUT2D eigenvalue weighted by atomic mass is 10.2. The van der Waals surface area contributed by atoms with Crippen LogP contribution in [0.3, 0.4) is 0 Å². The number of rotatable bonds is 6. The molecule has 0 aliphatic heterocycles. The Morgan fingerprint density at radius 2 is 2.05 bits per heavy atom. The lowest BCUT2D eigenvalue weighted by Gasteiger charge is -2.12. The van der Waals surface area contributed by atoms with Gasteiger partial charge >= 0.3 is 0 Å². The maximum atomic E-state index is 11.9. The Morgan fingerprint density at radius 3 is 2.60 bits per heavy atom. The molecule has 0 atom stereocenters. The van der Waals surface area contributed by atoms with Gasteiger partial charge in [0.1, 0.15) is 11.0 Å². The molecule has 112 valence electrons. The zero-order chi connectivity index (χ0) is 15.3. The van der Waals surface area contributed by atoms with E-state index in [1.165, 1.54) is 26.2 Å². The lowest BCUT2D eigenvalue weighted by molar-refractivity contribution is 0.0956. The molecule has 0 radical (unpaired) electrons. The zero-order valence-electron chi connectivity index (χ0n) is 11.5. The quantitative estimate of drug-likeness (QED) is 0.740. The second-order valence-corrected chi connectivity index (χ2v) is 6.86. The van der Waals surface area contributed by atoms with E-state index >= 15 is 0 Å². The number of halogens is 1. The average molecular weight is 321 g/mol. The van der Waals surface area contributed by atoms with Crippen molar-refractivity contribution in [1.29, 1.82) is 0 Å². The average Bonchev–Trinajstić information content (AvgIpc) is 2.37. The van der Waals surface area contributed by atoms with E-state index in [0.29, 0.717) is 11.4 Å². The van der Waals surface area contributed by atoms with E-state index in [2.05, 4.69) is 15.6 Å². The predicted molar refractivity (Wildman–Crippen MR) is 78.6 cm³/mol. The van der Waals surface area contributed by atoms with Gasteiger partial charge in [-0.15, -0.1) is 0 Å². The first-order valence-electron chi connectivity index (χ1n) is 5.80. The summed E-state index contributed by atoms with van der Waals surface area (Å²) in [6.07, 6.45) is 0. The normalized spacial score (nSPS) is 11.4. The molecule has 0 fully saturated rings. The van der Waals surface area contributed by atoms with Gasteiger partial charge in [0, 0.05) is 33.3 Å². The number of sulfonamides is 1. The summed E-state index contributed by atoms with van der Waals surface area (Å²) in [7, 11) is 1.21. The Morgan fingerprint density at radius 1 is 1.40 bits per heavy atom. The highest BCUT2D eigenvalue weighted by Crippen LogP contribution is 2.13. The summed E-state index contributed by atoms with van der Waals surface area (Å²) in [6, 6.07) is 2.94. The lowest BCUT2D eigenvalue weighted by Crippen LogP contribution is -2.33. The van der Waals surface area contributed by atoms with Gasteiger partial charge < -0.3 is 10.6 Å². The molecule has 1 aromatic heterocycles. The smallest absolute Gasteiger partial charge is 0.251 e. The number of amides is 1. The largest absolute Gasteiger partial charge is 0.373 e. The maximum Gasteiger partial charge on any atom is 0.251 e. The summed E-state index contributed by atoms with van der Waals surface area (Å²) in [5.41, 5.74) is 0.316. The number of aromatic nitrogens is 1. The Balaban J connectivity index is 2.66. The van der Waals surface area contributed by atoms with Crippen molar-refractivity contribution in [2.75, 3.05) is 38.8 Å². The molecule has 1 amide bonds. The number of pyridine rings is 1. The molecule has 1 aromatic rings. The van der Waals surface area contributed by atoms with Gasteiger partial charge in [0.2, 0.25) is 10.0 Å². The molecule has 1 heterocycles. The number of hydrogen-bond donors (Lipinski definition) is 2. The summed E-state index contributed by atoms with van der Waals surface area (Å²) >= 11 is 5.79. The Hall–Kier alpha value is -1.38. The first kappa shape index (κ1) is 16.7. The van der Waals surface area contributed by atoms with Gasteiger partial charge in [0.25, 0.3) is 5.91 Å². The molecule has 0 aromatic carbocycles. The minimum atomic E-state index is -3.33. The van der Waals surface area contributed by atoms with Gasteiger partial charge in [-0.05, 0) is 12.1 Å². The van der Waals surface area contributed by atoms with Crippen LogP contribution < -0.4 is 10.6 Å². The van der Waals surface area contributed by atoms with E-state index in [-0.39, 0.29) is 17.5 Å². The monoisotopic (exact) mass is 320 g/mol. The highest BCUT2D eigenvalue weighted by molar-refractivity contribution is 7.89. The van der Waals surface area contributed by atoms with Gasteiger partial charge in [-0.2, -0.15) is 0 Å². The van der Waals surface area contributed by atoms with Gasteiger partial charge in [-0.25, -0.2) is 17.7 Å². The van der Waals surface area contributed by atoms with Crippen LogP contribution in [-0.4, -0.2) is 57.1 Å². The third kappa shape index (κ3) is 4.62. The van der Waals surface area contributed by atoms with E-state index in [1.807, 2.05) is 0 Å². The first-order chi connectivity index (χ1) is 9.26. The predicted octanol–water partition coefficient (Wildman–Crippen LogP) is 0.398. The van der Waals surface area contributed by atoms with Crippen LogP contribution in [0.25, 0.3) is 0 Å². The molecular weight excluding hydrogens is 304 g/mol. The van der Waals surface area contributed by atoms with Crippen LogP contribution in [0.2, 0.25) is 5.15 Å². The molecule has 0 saturated carbocycles. The van der Waals surface area contributed by atoms with Gasteiger partial charge in [-0.1, -0.05) is 11.6 Å². The number of carbonyl (C=O) groups is 1. The molecule has 0 aliphatic carbocycles. The van der Waals surface area contributed by atoms with Crippen molar-refractivity contribution < 1.29 is 13.2 Å². The fourth-order valence-electron chi connectivity index (χ4n) is 1.33. The van der Waals surface area contributed by atoms with E-state index < -0.39 is 15.9 Å². The summed E-state index contributed by atoms with van der Waals surface area (Å²) in [4.78, 5) is 15.8. The van der Waals surface area contributed by atoms with Crippen molar-refractivity contribution in [2.45, 2.75) is 0 Å². The SMILES string of the molecule is CNc1cc(C(=O)NCCS(=O)(=O)N(C)C)cc(Cl)n1. The molecular formula is C11H17ClN4O3S. The van der Waals surface area contributed by atoms with Crippen LogP contribution in [0.1, 0.15) is 10.4 Å². The highest BCUT2D eigenvalue weighted by Gasteiger charge is 2.14. The van der Waals surface area contributed by atoms with Gasteiger partial charge in [0.05, 0.1) is 5.75 Å². The molecule has 0 saturated heterocycles. The van der Waals surface area contributed by atoms with Crippen molar-refractivity contribution in [3.05, 3.63) is 22.8 Å². The fourth-order valence-corrected chi connectivity index (χ4v) is 2.27. The third-order valence-electron chi connectivity index (χ3n) is 2.51. The number of nitrogens with one attached hydrogen (secondary N) is 2. The highest BCUT2D eigenvalue weighted by atomic mass is 35.5. The third-order valence-corrected chi connectivity index (χ3v) is 4.54. The minimum absolute atomic E-state index is 0.0220. The molecule has 1 rings (SSSR count). The summed E-state index contributed by atoms with van der Waals surface area (Å²) in [5.74, 6) is -0.105. The van der Waals surface area contributed by atoms with E-state index in [0.717, 1.165) is 4.31 Å². The van der Waals surface area contributed by atoms with Crippen LogP contribution in [-0.2, 0) is 10.0 Å². The fraction of sp³-hybridized carbons (Fsp3) is 0.455. The molecule has 0 spiro atoms. The van der Waals surface area contributed by atoms with Crippen LogP contribution in [0, 0.1) is 0 Å².